The molecular formula is C17H23FN2O3. The van der Waals surface area contributed by atoms with E-state index < -0.39 is 6.10 Å². The largest absolute Gasteiger partial charge is 0.390 e. The van der Waals surface area contributed by atoms with Crippen LogP contribution in [0.3, 0.4) is 0 Å². The molecule has 1 aromatic heterocycles. The van der Waals surface area contributed by atoms with E-state index in [1.165, 1.54) is 6.07 Å². The number of nitrogens with zero attached hydrogens (tertiary/aromatic N) is 1. The third-order valence-electron chi connectivity index (χ3n) is 4.54. The van der Waals surface area contributed by atoms with Crippen LogP contribution >= 0.6 is 0 Å². The molecular weight excluding hydrogens is 299 g/mol. The monoisotopic (exact) mass is 322 g/mol. The summed E-state index contributed by atoms with van der Waals surface area (Å²) in [5, 5.41) is 14.5. The van der Waals surface area contributed by atoms with Crippen molar-refractivity contribution in [3.8, 4) is 0 Å². The first-order valence-corrected chi connectivity index (χ1v) is 7.83. The first-order chi connectivity index (χ1) is 11.1. The summed E-state index contributed by atoms with van der Waals surface area (Å²) in [6.07, 6.45) is 1.19. The van der Waals surface area contributed by atoms with Crippen molar-refractivity contribution in [3.63, 3.8) is 0 Å². The quantitative estimate of drug-likeness (QED) is 0.874. The number of aromatic nitrogens is 1. The molecule has 5 nitrogen and oxygen atoms in total. The number of methoxy groups -OCH3 is 1. The van der Waals surface area contributed by atoms with E-state index in [4.69, 9.17) is 9.47 Å². The molecule has 1 aromatic carbocycles. The summed E-state index contributed by atoms with van der Waals surface area (Å²) in [7, 11) is 3.53. The van der Waals surface area contributed by atoms with Crippen LogP contribution in [-0.2, 0) is 23.1 Å². The number of fused-ring (bicyclic) bond motifs is 1. The third kappa shape index (κ3) is 3.40. The second-order valence-electron chi connectivity index (χ2n) is 6.12. The summed E-state index contributed by atoms with van der Waals surface area (Å²) in [6, 6.07) is 4.82. The second-order valence-corrected chi connectivity index (χ2v) is 6.12. The predicted molar refractivity (Wildman–Crippen MR) is 85.7 cm³/mol. The van der Waals surface area contributed by atoms with E-state index >= 15 is 0 Å². The molecule has 0 radical (unpaired) electrons. The van der Waals surface area contributed by atoms with Crippen LogP contribution in [0.5, 0.6) is 0 Å². The average molecular weight is 322 g/mol. The number of benzene rings is 1. The van der Waals surface area contributed by atoms with Crippen LogP contribution in [0.15, 0.2) is 24.4 Å². The molecule has 0 spiro atoms. The van der Waals surface area contributed by atoms with Crippen molar-refractivity contribution in [1.82, 2.24) is 9.88 Å². The summed E-state index contributed by atoms with van der Waals surface area (Å²) in [4.78, 5) is 0. The molecule has 0 unspecified atom stereocenters. The summed E-state index contributed by atoms with van der Waals surface area (Å²) in [6.45, 7) is 2.17. The Morgan fingerprint density at radius 2 is 2.26 bits per heavy atom. The molecule has 0 bridgehead atoms. The molecule has 3 rings (SSSR count). The SMILES string of the molecule is CO[C@@H]1COC[C@@H](CNCc2cn(C)c3ccc(F)cc23)[C@@H]1O. The Morgan fingerprint density at radius 3 is 3.04 bits per heavy atom. The van der Waals surface area contributed by atoms with Crippen LogP contribution in [0.25, 0.3) is 10.9 Å². The van der Waals surface area contributed by atoms with Gasteiger partial charge >= 0.3 is 0 Å². The highest BCUT2D eigenvalue weighted by Gasteiger charge is 2.32. The fourth-order valence-corrected chi connectivity index (χ4v) is 3.20. The molecule has 0 aliphatic carbocycles. The second kappa shape index (κ2) is 6.97. The van der Waals surface area contributed by atoms with Crippen LogP contribution in [0.1, 0.15) is 5.56 Å². The van der Waals surface area contributed by atoms with Gasteiger partial charge in [0.2, 0.25) is 0 Å². The first kappa shape index (κ1) is 16.4. The molecule has 1 fully saturated rings. The molecule has 3 atom stereocenters. The Hall–Kier alpha value is -1.47. The minimum atomic E-state index is -0.536. The number of aliphatic hydroxyl groups excluding tert-OH is 1. The maximum Gasteiger partial charge on any atom is 0.123 e. The highest BCUT2D eigenvalue weighted by atomic mass is 19.1. The molecule has 0 saturated carbocycles. The Morgan fingerprint density at radius 1 is 1.43 bits per heavy atom. The average Bonchev–Trinajstić information content (AvgIpc) is 2.84. The van der Waals surface area contributed by atoms with Gasteiger partial charge in [-0.15, -0.1) is 0 Å². The maximum absolute atomic E-state index is 13.5. The van der Waals surface area contributed by atoms with E-state index in [9.17, 15) is 9.50 Å². The molecule has 2 aromatic rings. The summed E-state index contributed by atoms with van der Waals surface area (Å²) < 4.78 is 26.2. The van der Waals surface area contributed by atoms with Crippen molar-refractivity contribution < 1.29 is 19.0 Å². The van der Waals surface area contributed by atoms with Crippen molar-refractivity contribution in [2.45, 2.75) is 18.8 Å². The number of aliphatic hydroxyl groups is 1. The zero-order chi connectivity index (χ0) is 16.4. The summed E-state index contributed by atoms with van der Waals surface area (Å²) in [5.74, 6) is -0.246. The van der Waals surface area contributed by atoms with E-state index in [2.05, 4.69) is 5.32 Å². The van der Waals surface area contributed by atoms with Crippen molar-refractivity contribution in [2.24, 2.45) is 13.0 Å². The number of nitrogens with one attached hydrogen (secondary N) is 1. The summed E-state index contributed by atoms with van der Waals surface area (Å²) >= 11 is 0. The molecule has 2 heterocycles. The Labute approximate surface area is 135 Å². The van der Waals surface area contributed by atoms with Gasteiger partial charge in [-0.25, -0.2) is 4.39 Å². The highest BCUT2D eigenvalue weighted by Crippen LogP contribution is 2.22. The standard InChI is InChI=1S/C17H23FN2O3/c1-20-8-11(14-5-13(18)3-4-15(14)20)6-19-7-12-9-23-10-16(22-2)17(12)21/h3-5,8,12,16-17,19,21H,6-7,9-10H2,1-2H3/t12-,16-,17+/m1/s1. The zero-order valence-corrected chi connectivity index (χ0v) is 13.5. The zero-order valence-electron chi connectivity index (χ0n) is 13.5. The van der Waals surface area contributed by atoms with Crippen LogP contribution < -0.4 is 5.32 Å². The Balaban J connectivity index is 1.64. The normalized spacial score (nSPS) is 25.1. The number of hydrogen-bond acceptors (Lipinski definition) is 4. The van der Waals surface area contributed by atoms with Gasteiger partial charge in [0.25, 0.3) is 0 Å². The van der Waals surface area contributed by atoms with Gasteiger partial charge in [-0.1, -0.05) is 0 Å². The molecule has 1 aliphatic heterocycles. The van der Waals surface area contributed by atoms with E-state index in [0.717, 1.165) is 16.5 Å². The van der Waals surface area contributed by atoms with Crippen molar-refractivity contribution in [1.29, 1.82) is 0 Å². The van der Waals surface area contributed by atoms with Gasteiger partial charge in [0.15, 0.2) is 0 Å². The lowest BCUT2D eigenvalue weighted by Gasteiger charge is -2.33. The molecule has 2 N–H and O–H groups in total. The smallest absolute Gasteiger partial charge is 0.123 e. The predicted octanol–water partition coefficient (Wildman–Crippen LogP) is 1.43. The lowest BCUT2D eigenvalue weighted by atomic mass is 9.96. The minimum absolute atomic E-state index is 0.0135. The minimum Gasteiger partial charge on any atom is -0.390 e. The molecule has 23 heavy (non-hydrogen) atoms. The molecule has 6 heteroatoms. The van der Waals surface area contributed by atoms with Crippen LogP contribution in [0.2, 0.25) is 0 Å². The third-order valence-corrected chi connectivity index (χ3v) is 4.54. The van der Waals surface area contributed by atoms with Gasteiger partial charge in [-0.3, -0.25) is 0 Å². The van der Waals surface area contributed by atoms with Gasteiger partial charge in [-0.05, 0) is 23.8 Å². The van der Waals surface area contributed by atoms with Crippen LogP contribution in [-0.4, -0.2) is 48.7 Å². The molecule has 1 saturated heterocycles. The first-order valence-electron chi connectivity index (χ1n) is 7.83. The van der Waals surface area contributed by atoms with E-state index in [1.54, 1.807) is 19.2 Å². The van der Waals surface area contributed by atoms with Gasteiger partial charge in [0.05, 0.1) is 19.3 Å². The highest BCUT2D eigenvalue weighted by molar-refractivity contribution is 5.83. The van der Waals surface area contributed by atoms with Crippen LogP contribution in [0.4, 0.5) is 4.39 Å². The molecule has 126 valence electrons. The topological polar surface area (TPSA) is 55.7 Å². The van der Waals surface area contributed by atoms with E-state index in [1.807, 2.05) is 17.8 Å². The summed E-state index contributed by atoms with van der Waals surface area (Å²) in [5.41, 5.74) is 2.04. The number of rotatable bonds is 5. The van der Waals surface area contributed by atoms with Gasteiger partial charge < -0.3 is 24.5 Å². The van der Waals surface area contributed by atoms with Gasteiger partial charge in [0, 0.05) is 50.3 Å². The van der Waals surface area contributed by atoms with Gasteiger partial charge in [-0.2, -0.15) is 0 Å². The lowest BCUT2D eigenvalue weighted by Crippen LogP contribution is -2.48. The number of halogens is 1. The lowest BCUT2D eigenvalue weighted by molar-refractivity contribution is -0.133. The maximum atomic E-state index is 13.5. The molecule has 1 aliphatic rings. The van der Waals surface area contributed by atoms with E-state index in [0.29, 0.717) is 26.3 Å². The van der Waals surface area contributed by atoms with E-state index in [-0.39, 0.29) is 17.8 Å². The van der Waals surface area contributed by atoms with Crippen molar-refractivity contribution >= 4 is 10.9 Å². The number of ether oxygens (including phenoxy) is 2. The fourth-order valence-electron chi connectivity index (χ4n) is 3.20. The van der Waals surface area contributed by atoms with Crippen LogP contribution in [0, 0.1) is 11.7 Å². The Kier molecular flexibility index (Phi) is 4.96. The Bertz CT molecular complexity index is 673. The fraction of sp³-hybridized carbons (Fsp3) is 0.529. The van der Waals surface area contributed by atoms with Gasteiger partial charge in [0.1, 0.15) is 11.9 Å². The van der Waals surface area contributed by atoms with Crippen molar-refractivity contribution in [2.75, 3.05) is 26.9 Å². The van der Waals surface area contributed by atoms with Crippen molar-refractivity contribution in [3.05, 3.63) is 35.8 Å². The molecule has 0 amide bonds. The number of hydrogen-bond donors (Lipinski definition) is 2. The number of aryl methyl sites for hydroxylation is 1.